The molecule has 0 saturated carbocycles. The molecule has 0 aromatic heterocycles. The highest BCUT2D eigenvalue weighted by Gasteiger charge is 2.41. The number of anilines is 2. The predicted octanol–water partition coefficient (Wildman–Crippen LogP) is 4.09. The lowest BCUT2D eigenvalue weighted by atomic mass is 10.1. The van der Waals surface area contributed by atoms with Crippen LogP contribution in [0.1, 0.15) is 39.1 Å². The van der Waals surface area contributed by atoms with Gasteiger partial charge in [-0.25, -0.2) is 0 Å². The summed E-state index contributed by atoms with van der Waals surface area (Å²) in [6.45, 7) is 0.955. The highest BCUT2D eigenvalue weighted by molar-refractivity contribution is 6.11. The summed E-state index contributed by atoms with van der Waals surface area (Å²) in [7, 11) is 0. The Bertz CT molecular complexity index is 1170. The summed E-state index contributed by atoms with van der Waals surface area (Å²) < 4.78 is 0. The fraction of sp³-hybridized carbons (Fsp3) is 0.192. The van der Waals surface area contributed by atoms with Gasteiger partial charge in [-0.1, -0.05) is 42.5 Å². The van der Waals surface area contributed by atoms with Gasteiger partial charge in [-0.05, 0) is 54.8 Å². The van der Waals surface area contributed by atoms with Gasteiger partial charge in [-0.15, -0.1) is 0 Å². The number of para-hydroxylation sites is 2. The number of benzene rings is 3. The number of nitrogens with zero attached hydrogens (tertiary/aromatic N) is 2. The second-order valence-electron chi connectivity index (χ2n) is 8.12. The van der Waals surface area contributed by atoms with E-state index in [1.54, 1.807) is 28.0 Å². The second-order valence-corrected chi connectivity index (χ2v) is 8.12. The highest BCUT2D eigenvalue weighted by Crippen LogP contribution is 2.33. The summed E-state index contributed by atoms with van der Waals surface area (Å²) >= 11 is 0. The topological polar surface area (TPSA) is 69.7 Å². The van der Waals surface area contributed by atoms with Gasteiger partial charge < -0.3 is 15.1 Å². The summed E-state index contributed by atoms with van der Waals surface area (Å²) in [6, 6.07) is 23.4. The number of hydrogen-bond donors (Lipinski definition) is 1. The molecule has 1 unspecified atom stereocenters. The molecule has 3 aromatic carbocycles. The number of fused-ring (bicyclic) bond motifs is 2. The molecule has 1 atom stereocenters. The molecule has 1 N–H and O–H groups in total. The van der Waals surface area contributed by atoms with E-state index in [0.717, 1.165) is 17.7 Å². The molecule has 5 rings (SSSR count). The van der Waals surface area contributed by atoms with Crippen molar-refractivity contribution >= 4 is 29.1 Å². The van der Waals surface area contributed by atoms with Gasteiger partial charge >= 0.3 is 0 Å². The monoisotopic (exact) mass is 425 g/mol. The molecule has 32 heavy (non-hydrogen) atoms. The SMILES string of the molecule is O=C(Nc1ccccc1)c1ccc(CN2C(=O)C3CCCN3C(=O)c3ccccc32)cc1. The van der Waals surface area contributed by atoms with E-state index in [1.165, 1.54) is 0 Å². The number of rotatable bonds is 4. The first-order valence-corrected chi connectivity index (χ1v) is 10.8. The Morgan fingerprint density at radius 2 is 1.62 bits per heavy atom. The fourth-order valence-corrected chi connectivity index (χ4v) is 4.44. The molecule has 0 bridgehead atoms. The lowest BCUT2D eigenvalue weighted by Crippen LogP contribution is -2.44. The quantitative estimate of drug-likeness (QED) is 0.685. The zero-order chi connectivity index (χ0) is 22.1. The molecule has 0 radical (unpaired) electrons. The minimum absolute atomic E-state index is 0.0494. The van der Waals surface area contributed by atoms with Crippen LogP contribution < -0.4 is 10.2 Å². The van der Waals surface area contributed by atoms with E-state index in [-0.39, 0.29) is 17.7 Å². The van der Waals surface area contributed by atoms with Crippen LogP contribution in [-0.2, 0) is 11.3 Å². The summed E-state index contributed by atoms with van der Waals surface area (Å²) in [5.41, 5.74) is 3.37. The van der Waals surface area contributed by atoms with Crippen LogP contribution in [0.3, 0.4) is 0 Å². The number of carbonyl (C=O) groups excluding carboxylic acids is 3. The first kappa shape index (κ1) is 20.0. The Morgan fingerprint density at radius 1 is 0.906 bits per heavy atom. The molecule has 0 aliphatic carbocycles. The third kappa shape index (κ3) is 3.64. The number of amides is 3. The van der Waals surface area contributed by atoms with E-state index < -0.39 is 6.04 Å². The van der Waals surface area contributed by atoms with E-state index >= 15 is 0 Å². The van der Waals surface area contributed by atoms with E-state index in [9.17, 15) is 14.4 Å². The van der Waals surface area contributed by atoms with Gasteiger partial charge in [0, 0.05) is 17.8 Å². The van der Waals surface area contributed by atoms with Crippen LogP contribution in [0.5, 0.6) is 0 Å². The van der Waals surface area contributed by atoms with Crippen LogP contribution in [0.4, 0.5) is 11.4 Å². The third-order valence-electron chi connectivity index (χ3n) is 6.08. The maximum absolute atomic E-state index is 13.4. The number of carbonyl (C=O) groups is 3. The van der Waals surface area contributed by atoms with Crippen molar-refractivity contribution in [1.29, 1.82) is 0 Å². The van der Waals surface area contributed by atoms with Gasteiger partial charge in [0.05, 0.1) is 17.8 Å². The molecule has 1 fully saturated rings. The molecule has 1 saturated heterocycles. The van der Waals surface area contributed by atoms with E-state index in [4.69, 9.17) is 0 Å². The molecule has 0 spiro atoms. The van der Waals surface area contributed by atoms with E-state index in [2.05, 4.69) is 5.32 Å². The van der Waals surface area contributed by atoms with Crippen LogP contribution in [0.2, 0.25) is 0 Å². The fourth-order valence-electron chi connectivity index (χ4n) is 4.44. The zero-order valence-corrected chi connectivity index (χ0v) is 17.5. The Kier molecular flexibility index (Phi) is 5.19. The molecule has 3 amide bonds. The number of hydrogen-bond acceptors (Lipinski definition) is 3. The van der Waals surface area contributed by atoms with Gasteiger partial charge in [0.25, 0.3) is 11.8 Å². The Labute approximate surface area is 186 Å². The van der Waals surface area contributed by atoms with Crippen LogP contribution in [-0.4, -0.2) is 35.2 Å². The predicted molar refractivity (Wildman–Crippen MR) is 123 cm³/mol. The maximum Gasteiger partial charge on any atom is 0.256 e. The lowest BCUT2D eigenvalue weighted by molar-refractivity contribution is -0.122. The first-order valence-electron chi connectivity index (χ1n) is 10.8. The average Bonchev–Trinajstić information content (AvgIpc) is 3.30. The van der Waals surface area contributed by atoms with Crippen LogP contribution in [0, 0.1) is 0 Å². The normalized spacial score (nSPS) is 17.6. The van der Waals surface area contributed by atoms with Crippen molar-refractivity contribution in [3.63, 3.8) is 0 Å². The van der Waals surface area contributed by atoms with Gasteiger partial charge in [-0.3, -0.25) is 14.4 Å². The summed E-state index contributed by atoms with van der Waals surface area (Å²) in [4.78, 5) is 42.4. The van der Waals surface area contributed by atoms with Crippen LogP contribution in [0.15, 0.2) is 78.9 Å². The van der Waals surface area contributed by atoms with Crippen LogP contribution in [0.25, 0.3) is 0 Å². The van der Waals surface area contributed by atoms with E-state index in [0.29, 0.717) is 36.3 Å². The Balaban J connectivity index is 1.39. The minimum Gasteiger partial charge on any atom is -0.327 e. The molecule has 6 heteroatoms. The summed E-state index contributed by atoms with van der Waals surface area (Å²) in [5, 5.41) is 2.87. The van der Waals surface area contributed by atoms with E-state index in [1.807, 2.05) is 60.7 Å². The van der Waals surface area contributed by atoms with Crippen molar-refractivity contribution in [3.8, 4) is 0 Å². The average molecular weight is 425 g/mol. The Hall–Kier alpha value is -3.93. The van der Waals surface area contributed by atoms with Crippen molar-refractivity contribution in [1.82, 2.24) is 4.90 Å². The second kappa shape index (κ2) is 8.30. The van der Waals surface area contributed by atoms with Crippen molar-refractivity contribution in [2.45, 2.75) is 25.4 Å². The van der Waals surface area contributed by atoms with Crippen molar-refractivity contribution in [2.24, 2.45) is 0 Å². The van der Waals surface area contributed by atoms with Gasteiger partial charge in [0.15, 0.2) is 0 Å². The van der Waals surface area contributed by atoms with Gasteiger partial charge in [-0.2, -0.15) is 0 Å². The van der Waals surface area contributed by atoms with Crippen LogP contribution >= 0.6 is 0 Å². The maximum atomic E-state index is 13.4. The summed E-state index contributed by atoms with van der Waals surface area (Å²) in [5.74, 6) is -0.315. The van der Waals surface area contributed by atoms with Gasteiger partial charge in [0.1, 0.15) is 6.04 Å². The highest BCUT2D eigenvalue weighted by atomic mass is 16.2. The molecular formula is C26H23N3O3. The molecule has 2 aliphatic rings. The van der Waals surface area contributed by atoms with Crippen molar-refractivity contribution in [3.05, 3.63) is 95.6 Å². The molecule has 3 aromatic rings. The molecular weight excluding hydrogens is 402 g/mol. The smallest absolute Gasteiger partial charge is 0.256 e. The molecule has 2 heterocycles. The van der Waals surface area contributed by atoms with Crippen molar-refractivity contribution in [2.75, 3.05) is 16.8 Å². The Morgan fingerprint density at radius 3 is 2.41 bits per heavy atom. The minimum atomic E-state index is -0.411. The van der Waals surface area contributed by atoms with Gasteiger partial charge in [0.2, 0.25) is 5.91 Å². The summed E-state index contributed by atoms with van der Waals surface area (Å²) in [6.07, 6.45) is 1.52. The molecule has 2 aliphatic heterocycles. The zero-order valence-electron chi connectivity index (χ0n) is 17.5. The lowest BCUT2D eigenvalue weighted by Gasteiger charge is -2.26. The largest absolute Gasteiger partial charge is 0.327 e. The number of nitrogens with one attached hydrogen (secondary N) is 1. The molecule has 6 nitrogen and oxygen atoms in total. The first-order chi connectivity index (χ1) is 15.6. The standard InChI is InChI=1S/C26H23N3O3/c30-24(27-20-7-2-1-3-8-20)19-14-12-18(13-15-19)17-29-22-10-5-4-9-21(22)25(31)28-16-6-11-23(28)26(29)32/h1-5,7-10,12-15,23H,6,11,16-17H2,(H,27,30). The van der Waals surface area contributed by atoms with Crippen molar-refractivity contribution < 1.29 is 14.4 Å². The molecule has 160 valence electrons. The third-order valence-corrected chi connectivity index (χ3v) is 6.08.